The third kappa shape index (κ3) is 3.33. The van der Waals surface area contributed by atoms with Gasteiger partial charge in [-0.15, -0.1) is 0 Å². The number of methoxy groups -OCH3 is 1. The summed E-state index contributed by atoms with van der Waals surface area (Å²) in [6, 6.07) is 13.7. The maximum atomic E-state index is 12.8. The summed E-state index contributed by atoms with van der Waals surface area (Å²) < 4.78 is 14.3. The highest BCUT2D eigenvalue weighted by molar-refractivity contribution is 7.20. The molecule has 1 N–H and O–H groups in total. The second-order valence-electron chi connectivity index (χ2n) is 7.51. The minimum atomic E-state index is -0.225. The number of carbonyl (C=O) groups excluding carboxylic acids is 1. The molecule has 4 aromatic rings. The van der Waals surface area contributed by atoms with Crippen LogP contribution in [0.2, 0.25) is 0 Å². The van der Waals surface area contributed by atoms with Crippen LogP contribution in [0.15, 0.2) is 55.1 Å². The van der Waals surface area contributed by atoms with Crippen molar-refractivity contribution < 1.29 is 14.3 Å². The first-order valence-electron chi connectivity index (χ1n) is 10.3. The topological polar surface area (TPSA) is 78.3 Å². The van der Waals surface area contributed by atoms with Gasteiger partial charge in [-0.05, 0) is 25.1 Å². The van der Waals surface area contributed by atoms with Gasteiger partial charge in [-0.25, -0.2) is 4.98 Å². The number of amides is 1. The number of aromatic nitrogens is 3. The standard InChI is InChI=1S/C24H22N4O3S/c1-4-12-31-22-15(8-7-10-18(22)30-3)16-13-20(29)26-23-21(16)14(2)27-28(23)24-25-17-9-5-6-11-19(17)32-24/h4-11,16H,1,12-13H2,2-3H3,(H,26,29). The minimum Gasteiger partial charge on any atom is -0.493 e. The van der Waals surface area contributed by atoms with E-state index in [1.165, 1.54) is 11.3 Å². The molecule has 2 aromatic carbocycles. The highest BCUT2D eigenvalue weighted by Crippen LogP contribution is 2.46. The SMILES string of the molecule is C=CCOc1c(OC)cccc1C1CC(=O)Nc2c1c(C)nn2-c1nc2ccccc2s1. The highest BCUT2D eigenvalue weighted by Gasteiger charge is 2.35. The van der Waals surface area contributed by atoms with E-state index >= 15 is 0 Å². The molecular weight excluding hydrogens is 424 g/mol. The van der Waals surface area contributed by atoms with Crippen molar-refractivity contribution in [2.45, 2.75) is 19.3 Å². The van der Waals surface area contributed by atoms with E-state index < -0.39 is 0 Å². The Morgan fingerprint density at radius 2 is 2.12 bits per heavy atom. The molecule has 1 atom stereocenters. The smallest absolute Gasteiger partial charge is 0.226 e. The Hall–Kier alpha value is -3.65. The number of anilines is 1. The van der Waals surface area contributed by atoms with Crippen LogP contribution in [-0.4, -0.2) is 34.4 Å². The van der Waals surface area contributed by atoms with E-state index in [0.29, 0.717) is 29.1 Å². The van der Waals surface area contributed by atoms with Gasteiger partial charge in [0.2, 0.25) is 11.0 Å². The fourth-order valence-electron chi connectivity index (χ4n) is 4.17. The van der Waals surface area contributed by atoms with E-state index in [1.807, 2.05) is 49.4 Å². The molecule has 2 aromatic heterocycles. The van der Waals surface area contributed by atoms with Crippen LogP contribution in [0, 0.1) is 6.92 Å². The van der Waals surface area contributed by atoms with Gasteiger partial charge in [0.1, 0.15) is 12.4 Å². The van der Waals surface area contributed by atoms with Gasteiger partial charge in [-0.2, -0.15) is 9.78 Å². The molecule has 0 radical (unpaired) electrons. The van der Waals surface area contributed by atoms with Crippen LogP contribution in [0.4, 0.5) is 5.82 Å². The zero-order valence-electron chi connectivity index (χ0n) is 17.8. The predicted molar refractivity (Wildman–Crippen MR) is 125 cm³/mol. The van der Waals surface area contributed by atoms with Crippen molar-refractivity contribution in [3.63, 3.8) is 0 Å². The number of thiazole rings is 1. The molecule has 1 unspecified atom stereocenters. The Labute approximate surface area is 189 Å². The molecule has 0 spiro atoms. The molecule has 3 heterocycles. The monoisotopic (exact) mass is 446 g/mol. The molecule has 0 fully saturated rings. The molecule has 1 aliphatic heterocycles. The third-order valence-corrected chi connectivity index (χ3v) is 6.53. The molecule has 0 bridgehead atoms. The summed E-state index contributed by atoms with van der Waals surface area (Å²) in [5, 5.41) is 8.50. The molecule has 0 saturated carbocycles. The van der Waals surface area contributed by atoms with Gasteiger partial charge in [0.25, 0.3) is 0 Å². The third-order valence-electron chi connectivity index (χ3n) is 5.52. The van der Waals surface area contributed by atoms with E-state index in [4.69, 9.17) is 19.6 Å². The lowest BCUT2D eigenvalue weighted by atomic mass is 9.85. The van der Waals surface area contributed by atoms with Crippen LogP contribution >= 0.6 is 11.3 Å². The van der Waals surface area contributed by atoms with Crippen LogP contribution < -0.4 is 14.8 Å². The zero-order chi connectivity index (χ0) is 22.2. The summed E-state index contributed by atoms with van der Waals surface area (Å²) in [6.07, 6.45) is 1.97. The number of fused-ring (bicyclic) bond motifs is 2. The summed E-state index contributed by atoms with van der Waals surface area (Å²) >= 11 is 1.54. The molecule has 0 saturated heterocycles. The molecule has 1 aliphatic rings. The molecule has 32 heavy (non-hydrogen) atoms. The maximum absolute atomic E-state index is 12.8. The number of ether oxygens (including phenoxy) is 2. The van der Waals surface area contributed by atoms with E-state index in [9.17, 15) is 4.79 Å². The summed E-state index contributed by atoms with van der Waals surface area (Å²) in [5.74, 6) is 1.58. The number of hydrogen-bond donors (Lipinski definition) is 1. The largest absolute Gasteiger partial charge is 0.493 e. The Morgan fingerprint density at radius 3 is 2.91 bits per heavy atom. The van der Waals surface area contributed by atoms with Gasteiger partial charge in [0, 0.05) is 23.5 Å². The van der Waals surface area contributed by atoms with E-state index in [2.05, 4.69) is 11.9 Å². The van der Waals surface area contributed by atoms with Gasteiger partial charge in [-0.1, -0.05) is 48.3 Å². The first kappa shape index (κ1) is 20.3. The first-order valence-corrected chi connectivity index (χ1v) is 11.1. The normalized spacial score (nSPS) is 15.3. The molecule has 1 amide bonds. The van der Waals surface area contributed by atoms with Crippen molar-refractivity contribution in [2.75, 3.05) is 19.0 Å². The Morgan fingerprint density at radius 1 is 1.28 bits per heavy atom. The quantitative estimate of drug-likeness (QED) is 0.429. The average Bonchev–Trinajstić information content (AvgIpc) is 3.37. The number of benzene rings is 2. The van der Waals surface area contributed by atoms with Gasteiger partial charge < -0.3 is 14.8 Å². The van der Waals surface area contributed by atoms with E-state index in [-0.39, 0.29) is 18.2 Å². The average molecular weight is 447 g/mol. The lowest BCUT2D eigenvalue weighted by Gasteiger charge is -2.26. The van der Waals surface area contributed by atoms with Gasteiger partial charge in [-0.3, -0.25) is 4.79 Å². The van der Waals surface area contributed by atoms with Crippen molar-refractivity contribution in [1.82, 2.24) is 14.8 Å². The lowest BCUT2D eigenvalue weighted by molar-refractivity contribution is -0.116. The lowest BCUT2D eigenvalue weighted by Crippen LogP contribution is -2.25. The van der Waals surface area contributed by atoms with Crippen molar-refractivity contribution >= 4 is 33.3 Å². The molecule has 162 valence electrons. The van der Waals surface area contributed by atoms with Crippen molar-refractivity contribution in [3.05, 3.63) is 71.9 Å². The second kappa shape index (κ2) is 8.12. The van der Waals surface area contributed by atoms with Crippen LogP contribution in [0.5, 0.6) is 11.5 Å². The van der Waals surface area contributed by atoms with Crippen LogP contribution in [0.25, 0.3) is 15.3 Å². The van der Waals surface area contributed by atoms with Crippen LogP contribution in [0.1, 0.15) is 29.2 Å². The van der Waals surface area contributed by atoms with E-state index in [0.717, 1.165) is 27.0 Å². The van der Waals surface area contributed by atoms with E-state index in [1.54, 1.807) is 17.9 Å². The fourth-order valence-corrected chi connectivity index (χ4v) is 5.09. The van der Waals surface area contributed by atoms with Gasteiger partial charge in [0.05, 0.1) is 23.0 Å². The summed E-state index contributed by atoms with van der Waals surface area (Å²) in [5.41, 5.74) is 3.58. The Kier molecular flexibility index (Phi) is 5.14. The van der Waals surface area contributed by atoms with Gasteiger partial charge >= 0.3 is 0 Å². The Balaban J connectivity index is 1.67. The molecule has 8 heteroatoms. The maximum Gasteiger partial charge on any atom is 0.226 e. The number of nitrogens with zero attached hydrogens (tertiary/aromatic N) is 3. The number of nitrogens with one attached hydrogen (secondary N) is 1. The summed E-state index contributed by atoms with van der Waals surface area (Å²) in [4.78, 5) is 17.5. The molecule has 7 nitrogen and oxygen atoms in total. The summed E-state index contributed by atoms with van der Waals surface area (Å²) in [7, 11) is 1.61. The molecule has 5 rings (SSSR count). The van der Waals surface area contributed by atoms with Crippen molar-refractivity contribution in [3.8, 4) is 16.6 Å². The van der Waals surface area contributed by atoms with Crippen LogP contribution in [0.3, 0.4) is 0 Å². The number of hydrogen-bond acceptors (Lipinski definition) is 6. The number of para-hydroxylation sites is 2. The van der Waals surface area contributed by atoms with Crippen molar-refractivity contribution in [2.24, 2.45) is 0 Å². The second-order valence-corrected chi connectivity index (χ2v) is 8.52. The first-order chi connectivity index (χ1) is 15.6. The molecule has 0 aliphatic carbocycles. The van der Waals surface area contributed by atoms with Gasteiger partial charge in [0.15, 0.2) is 11.5 Å². The predicted octanol–water partition coefficient (Wildman–Crippen LogP) is 4.84. The Bertz CT molecular complexity index is 1310. The van der Waals surface area contributed by atoms with Crippen LogP contribution in [-0.2, 0) is 4.79 Å². The fraction of sp³-hybridized carbons (Fsp3) is 0.208. The molecular formula is C24H22N4O3S. The number of rotatable bonds is 6. The number of aryl methyl sites for hydroxylation is 1. The zero-order valence-corrected chi connectivity index (χ0v) is 18.6. The highest BCUT2D eigenvalue weighted by atomic mass is 32.1. The number of carbonyl (C=O) groups is 1. The summed E-state index contributed by atoms with van der Waals surface area (Å²) in [6.45, 7) is 6.03. The van der Waals surface area contributed by atoms with Crippen molar-refractivity contribution in [1.29, 1.82) is 0 Å². The minimum absolute atomic E-state index is 0.0812.